The number of hydrogen-bond acceptors (Lipinski definition) is 3. The number of aromatic nitrogens is 1. The van der Waals surface area contributed by atoms with Crippen molar-refractivity contribution < 1.29 is 4.39 Å². The molecular weight excluding hydrogens is 241 g/mol. The van der Waals surface area contributed by atoms with Crippen LogP contribution in [0.4, 0.5) is 10.2 Å². The zero-order chi connectivity index (χ0) is 13.8. The van der Waals surface area contributed by atoms with Crippen LogP contribution in [0.25, 0.3) is 0 Å². The quantitative estimate of drug-likeness (QED) is 0.907. The standard InChI is InChI=1S/C15H24FN3/c1-11(2)17-8-13-7-14(16)9-18-15(13)19-6-4-5-12(3)10-19/h7,9,11-12,17H,4-6,8,10H2,1-3H3. The summed E-state index contributed by atoms with van der Waals surface area (Å²) >= 11 is 0. The minimum atomic E-state index is -0.255. The van der Waals surface area contributed by atoms with Crippen molar-refractivity contribution >= 4 is 5.82 Å². The van der Waals surface area contributed by atoms with E-state index in [1.165, 1.54) is 19.0 Å². The van der Waals surface area contributed by atoms with E-state index >= 15 is 0 Å². The number of halogens is 1. The molecule has 19 heavy (non-hydrogen) atoms. The molecule has 0 amide bonds. The molecule has 3 nitrogen and oxygen atoms in total. The minimum absolute atomic E-state index is 0.255. The van der Waals surface area contributed by atoms with Crippen molar-refractivity contribution in [2.45, 2.75) is 46.2 Å². The van der Waals surface area contributed by atoms with Crippen molar-refractivity contribution in [2.24, 2.45) is 5.92 Å². The first-order valence-corrected chi connectivity index (χ1v) is 7.19. The normalized spacial score (nSPS) is 20.1. The molecule has 0 aliphatic carbocycles. The molecule has 1 aromatic rings. The third-order valence-corrected chi connectivity index (χ3v) is 3.57. The number of rotatable bonds is 4. The van der Waals surface area contributed by atoms with Crippen molar-refractivity contribution in [1.29, 1.82) is 0 Å². The van der Waals surface area contributed by atoms with Crippen LogP contribution in [0.2, 0.25) is 0 Å². The molecule has 1 unspecified atom stereocenters. The number of pyridine rings is 1. The Bertz CT molecular complexity index is 420. The van der Waals surface area contributed by atoms with Gasteiger partial charge in [0.2, 0.25) is 0 Å². The van der Waals surface area contributed by atoms with E-state index < -0.39 is 0 Å². The van der Waals surface area contributed by atoms with Crippen LogP contribution in [0.5, 0.6) is 0 Å². The molecule has 106 valence electrons. The lowest BCUT2D eigenvalue weighted by atomic mass is 10.00. The molecule has 0 aromatic carbocycles. The first kappa shape index (κ1) is 14.3. The third-order valence-electron chi connectivity index (χ3n) is 3.57. The van der Waals surface area contributed by atoms with Crippen LogP contribution in [0.3, 0.4) is 0 Å². The summed E-state index contributed by atoms with van der Waals surface area (Å²) in [6.45, 7) is 9.17. The van der Waals surface area contributed by atoms with Gasteiger partial charge in [-0.05, 0) is 24.8 Å². The van der Waals surface area contributed by atoms with Crippen LogP contribution >= 0.6 is 0 Å². The molecule has 4 heteroatoms. The second-order valence-electron chi connectivity index (χ2n) is 5.87. The molecule has 2 rings (SSSR count). The van der Waals surface area contributed by atoms with E-state index in [2.05, 4.69) is 36.0 Å². The van der Waals surface area contributed by atoms with Crippen LogP contribution < -0.4 is 10.2 Å². The molecule has 2 heterocycles. The van der Waals surface area contributed by atoms with Gasteiger partial charge in [0.15, 0.2) is 0 Å². The van der Waals surface area contributed by atoms with Crippen LogP contribution in [0, 0.1) is 11.7 Å². The van der Waals surface area contributed by atoms with Gasteiger partial charge in [0.05, 0.1) is 6.20 Å². The molecule has 1 fully saturated rings. The highest BCUT2D eigenvalue weighted by Crippen LogP contribution is 2.24. The minimum Gasteiger partial charge on any atom is -0.356 e. The predicted octanol–water partition coefficient (Wildman–Crippen LogP) is 2.96. The Morgan fingerprint density at radius 3 is 3.00 bits per heavy atom. The van der Waals surface area contributed by atoms with Crippen molar-refractivity contribution in [3.63, 3.8) is 0 Å². The van der Waals surface area contributed by atoms with Gasteiger partial charge in [0.25, 0.3) is 0 Å². The summed E-state index contributed by atoms with van der Waals surface area (Å²) in [6, 6.07) is 1.99. The summed E-state index contributed by atoms with van der Waals surface area (Å²) in [4.78, 5) is 6.62. The maximum absolute atomic E-state index is 13.4. The van der Waals surface area contributed by atoms with Crippen LogP contribution in [0.15, 0.2) is 12.3 Å². The molecule has 0 saturated carbocycles. The van der Waals surface area contributed by atoms with E-state index in [-0.39, 0.29) is 5.82 Å². The molecule has 0 spiro atoms. The first-order valence-electron chi connectivity index (χ1n) is 7.19. The summed E-state index contributed by atoms with van der Waals surface area (Å²) in [6.07, 6.45) is 3.79. The van der Waals surface area contributed by atoms with E-state index in [1.54, 1.807) is 6.07 Å². The zero-order valence-corrected chi connectivity index (χ0v) is 12.1. The molecule has 1 atom stereocenters. The summed E-state index contributed by atoms with van der Waals surface area (Å²) in [5.41, 5.74) is 0.961. The smallest absolute Gasteiger partial charge is 0.141 e. The highest BCUT2D eigenvalue weighted by molar-refractivity contribution is 5.47. The molecule has 1 aromatic heterocycles. The van der Waals surface area contributed by atoms with Gasteiger partial charge in [-0.15, -0.1) is 0 Å². The van der Waals surface area contributed by atoms with Gasteiger partial charge < -0.3 is 10.2 Å². The Kier molecular flexibility index (Phi) is 4.75. The SMILES string of the molecule is CC1CCCN(c2ncc(F)cc2CNC(C)C)C1. The lowest BCUT2D eigenvalue weighted by Crippen LogP contribution is -2.36. The van der Waals surface area contributed by atoms with E-state index in [4.69, 9.17) is 0 Å². The maximum Gasteiger partial charge on any atom is 0.141 e. The van der Waals surface area contributed by atoms with Gasteiger partial charge in [-0.1, -0.05) is 20.8 Å². The van der Waals surface area contributed by atoms with Crippen LogP contribution in [0.1, 0.15) is 39.2 Å². The summed E-state index contributed by atoms with van der Waals surface area (Å²) in [5.74, 6) is 1.38. The Labute approximate surface area is 115 Å². The molecule has 1 saturated heterocycles. The van der Waals surface area contributed by atoms with E-state index in [0.29, 0.717) is 18.5 Å². The average Bonchev–Trinajstić information content (AvgIpc) is 2.36. The molecular formula is C15H24FN3. The molecule has 1 aliphatic rings. The summed E-state index contributed by atoms with van der Waals surface area (Å²) in [7, 11) is 0. The van der Waals surface area contributed by atoms with Gasteiger partial charge >= 0.3 is 0 Å². The Morgan fingerprint density at radius 1 is 1.53 bits per heavy atom. The van der Waals surface area contributed by atoms with Gasteiger partial charge in [-0.25, -0.2) is 9.37 Å². The van der Waals surface area contributed by atoms with E-state index in [0.717, 1.165) is 24.5 Å². The lowest BCUT2D eigenvalue weighted by molar-refractivity contribution is 0.442. The van der Waals surface area contributed by atoms with Crippen molar-refractivity contribution in [3.05, 3.63) is 23.6 Å². The summed E-state index contributed by atoms with van der Waals surface area (Å²) < 4.78 is 13.4. The van der Waals surface area contributed by atoms with E-state index in [9.17, 15) is 4.39 Å². The summed E-state index contributed by atoms with van der Waals surface area (Å²) in [5, 5.41) is 3.35. The fourth-order valence-corrected chi connectivity index (χ4v) is 2.58. The van der Waals surface area contributed by atoms with Crippen molar-refractivity contribution in [3.8, 4) is 0 Å². The highest BCUT2D eigenvalue weighted by atomic mass is 19.1. The highest BCUT2D eigenvalue weighted by Gasteiger charge is 2.20. The largest absolute Gasteiger partial charge is 0.356 e. The monoisotopic (exact) mass is 265 g/mol. The molecule has 0 radical (unpaired) electrons. The number of nitrogens with zero attached hydrogens (tertiary/aromatic N) is 2. The topological polar surface area (TPSA) is 28.2 Å². The number of anilines is 1. The average molecular weight is 265 g/mol. The zero-order valence-electron chi connectivity index (χ0n) is 12.1. The lowest BCUT2D eigenvalue weighted by Gasteiger charge is -2.33. The van der Waals surface area contributed by atoms with E-state index in [1.807, 2.05) is 0 Å². The van der Waals surface area contributed by atoms with Crippen LogP contribution in [-0.2, 0) is 6.54 Å². The number of piperidine rings is 1. The van der Waals surface area contributed by atoms with Crippen LogP contribution in [-0.4, -0.2) is 24.1 Å². The third kappa shape index (κ3) is 3.90. The second kappa shape index (κ2) is 6.33. The molecule has 0 bridgehead atoms. The van der Waals surface area contributed by atoms with Crippen molar-refractivity contribution in [1.82, 2.24) is 10.3 Å². The van der Waals surface area contributed by atoms with Gasteiger partial charge in [0, 0.05) is 31.2 Å². The van der Waals surface area contributed by atoms with Gasteiger partial charge in [0.1, 0.15) is 11.6 Å². The fraction of sp³-hybridized carbons (Fsp3) is 0.667. The maximum atomic E-state index is 13.4. The molecule has 1 N–H and O–H groups in total. The Balaban J connectivity index is 2.18. The van der Waals surface area contributed by atoms with Gasteiger partial charge in [-0.2, -0.15) is 0 Å². The Hall–Kier alpha value is -1.16. The fourth-order valence-electron chi connectivity index (χ4n) is 2.58. The van der Waals surface area contributed by atoms with Crippen molar-refractivity contribution in [2.75, 3.05) is 18.0 Å². The molecule has 1 aliphatic heterocycles. The number of hydrogen-bond donors (Lipinski definition) is 1. The first-order chi connectivity index (χ1) is 9.06. The Morgan fingerprint density at radius 2 is 2.32 bits per heavy atom. The van der Waals surface area contributed by atoms with Gasteiger partial charge in [-0.3, -0.25) is 0 Å². The second-order valence-corrected chi connectivity index (χ2v) is 5.87. The number of nitrogens with one attached hydrogen (secondary N) is 1. The predicted molar refractivity (Wildman–Crippen MR) is 76.8 cm³/mol.